The summed E-state index contributed by atoms with van der Waals surface area (Å²) in [6, 6.07) is 0.567. The lowest BCUT2D eigenvalue weighted by atomic mass is 9.86. The number of amides is 1. The lowest BCUT2D eigenvalue weighted by Crippen LogP contribution is -2.37. The molecule has 0 aromatic rings. The molecule has 3 N–H and O–H groups in total. The first-order chi connectivity index (χ1) is 6.77. The van der Waals surface area contributed by atoms with E-state index in [2.05, 4.69) is 31.7 Å². The lowest BCUT2D eigenvalue weighted by Gasteiger charge is -2.26. The first-order valence-electron chi connectivity index (χ1n) is 5.02. The zero-order valence-corrected chi connectivity index (χ0v) is 10.3. The van der Waals surface area contributed by atoms with Crippen LogP contribution in [0.3, 0.4) is 0 Å². The first kappa shape index (κ1) is 12.2. The molecule has 1 rings (SSSR count). The molecule has 0 radical (unpaired) electrons. The molecular formula is C9H17IN2O2. The second-order valence-corrected chi connectivity index (χ2v) is 4.30. The van der Waals surface area contributed by atoms with E-state index in [4.69, 9.17) is 5.11 Å². The average molecular weight is 312 g/mol. The molecule has 1 fully saturated rings. The summed E-state index contributed by atoms with van der Waals surface area (Å²) in [5, 5.41) is 11.3. The van der Waals surface area contributed by atoms with Gasteiger partial charge in [-0.2, -0.15) is 0 Å². The molecule has 1 aliphatic rings. The largest absolute Gasteiger partial charge is 0.395 e. The fourth-order valence-electron chi connectivity index (χ4n) is 1.79. The van der Waals surface area contributed by atoms with Crippen LogP contribution in [0.1, 0.15) is 25.7 Å². The Morgan fingerprint density at radius 2 is 2.00 bits per heavy atom. The molecule has 0 saturated heterocycles. The minimum absolute atomic E-state index is 0.0242. The SMILES string of the molecule is O=C(NCCO)C1CCC(NI)CC1. The van der Waals surface area contributed by atoms with Crippen molar-refractivity contribution in [3.8, 4) is 0 Å². The van der Waals surface area contributed by atoms with E-state index in [0.29, 0.717) is 12.6 Å². The maximum atomic E-state index is 11.5. The molecule has 0 heterocycles. The Morgan fingerprint density at radius 1 is 1.36 bits per heavy atom. The topological polar surface area (TPSA) is 61.4 Å². The van der Waals surface area contributed by atoms with E-state index in [1.165, 1.54) is 0 Å². The summed E-state index contributed by atoms with van der Waals surface area (Å²) in [6.45, 7) is 0.402. The number of halogens is 1. The Morgan fingerprint density at radius 3 is 2.50 bits per heavy atom. The van der Waals surface area contributed by atoms with Crippen LogP contribution in [0.15, 0.2) is 0 Å². The number of hydrogen-bond donors (Lipinski definition) is 3. The highest BCUT2D eigenvalue weighted by Gasteiger charge is 2.25. The van der Waals surface area contributed by atoms with Crippen LogP contribution in [0.25, 0.3) is 0 Å². The van der Waals surface area contributed by atoms with Gasteiger partial charge in [0.05, 0.1) is 6.61 Å². The maximum Gasteiger partial charge on any atom is 0.223 e. The van der Waals surface area contributed by atoms with Gasteiger partial charge in [0.25, 0.3) is 0 Å². The molecule has 82 valence electrons. The van der Waals surface area contributed by atoms with Crippen LogP contribution in [0.4, 0.5) is 0 Å². The quantitative estimate of drug-likeness (QED) is 0.526. The maximum absolute atomic E-state index is 11.5. The van der Waals surface area contributed by atoms with Gasteiger partial charge in [-0.3, -0.25) is 8.32 Å². The van der Waals surface area contributed by atoms with E-state index in [-0.39, 0.29) is 18.4 Å². The van der Waals surface area contributed by atoms with Crippen LogP contribution in [0, 0.1) is 5.92 Å². The third-order valence-corrected chi connectivity index (χ3v) is 3.54. The van der Waals surface area contributed by atoms with Gasteiger partial charge in [-0.05, 0) is 25.7 Å². The van der Waals surface area contributed by atoms with Gasteiger partial charge in [-0.1, -0.05) is 0 Å². The Kier molecular flexibility index (Phi) is 5.73. The number of carbonyl (C=O) groups is 1. The predicted molar refractivity (Wildman–Crippen MR) is 63.0 cm³/mol. The fourth-order valence-corrected chi connectivity index (χ4v) is 2.41. The number of nitrogens with one attached hydrogen (secondary N) is 2. The number of aliphatic hydroxyl groups excluding tert-OH is 1. The van der Waals surface area contributed by atoms with Crippen molar-refractivity contribution >= 4 is 28.8 Å². The molecule has 1 amide bonds. The van der Waals surface area contributed by atoms with Gasteiger partial charge in [-0.25, -0.2) is 0 Å². The second-order valence-electron chi connectivity index (χ2n) is 3.67. The van der Waals surface area contributed by atoms with Crippen molar-refractivity contribution in [1.29, 1.82) is 0 Å². The average Bonchev–Trinajstić information content (AvgIpc) is 2.26. The van der Waals surface area contributed by atoms with Gasteiger partial charge < -0.3 is 10.4 Å². The van der Waals surface area contributed by atoms with Gasteiger partial charge in [-0.15, -0.1) is 0 Å². The van der Waals surface area contributed by atoms with Crippen molar-refractivity contribution in [3.05, 3.63) is 0 Å². The van der Waals surface area contributed by atoms with Crippen LogP contribution in [-0.4, -0.2) is 30.2 Å². The fraction of sp³-hybridized carbons (Fsp3) is 0.889. The van der Waals surface area contributed by atoms with Crippen LogP contribution in [0.5, 0.6) is 0 Å². The first-order valence-corrected chi connectivity index (χ1v) is 6.10. The summed E-state index contributed by atoms with van der Waals surface area (Å²) in [4.78, 5) is 11.5. The summed E-state index contributed by atoms with van der Waals surface area (Å²) in [5.41, 5.74) is 0. The van der Waals surface area contributed by atoms with Crippen molar-refractivity contribution in [2.45, 2.75) is 31.7 Å². The van der Waals surface area contributed by atoms with Gasteiger partial charge in [0.1, 0.15) is 0 Å². The molecule has 0 spiro atoms. The van der Waals surface area contributed by atoms with Crippen molar-refractivity contribution in [2.75, 3.05) is 13.2 Å². The van der Waals surface area contributed by atoms with Gasteiger partial charge in [0.2, 0.25) is 5.91 Å². The highest BCUT2D eigenvalue weighted by molar-refractivity contribution is 14.1. The van der Waals surface area contributed by atoms with Crippen molar-refractivity contribution in [3.63, 3.8) is 0 Å². The zero-order chi connectivity index (χ0) is 10.4. The zero-order valence-electron chi connectivity index (χ0n) is 8.13. The van der Waals surface area contributed by atoms with Gasteiger partial charge >= 0.3 is 0 Å². The molecule has 0 aromatic heterocycles. The Hall–Kier alpha value is 0.120. The standard InChI is InChI=1S/C9H17IN2O2/c10-12-8-3-1-7(2-4-8)9(14)11-5-6-13/h7-8,12-13H,1-6H2,(H,11,14). The van der Waals surface area contributed by atoms with Gasteiger partial charge in [0.15, 0.2) is 0 Å². The normalized spacial score (nSPS) is 27.3. The number of aliphatic hydroxyl groups is 1. The number of rotatable bonds is 4. The van der Waals surface area contributed by atoms with E-state index in [1.54, 1.807) is 0 Å². The molecule has 14 heavy (non-hydrogen) atoms. The summed E-state index contributed by atoms with van der Waals surface area (Å²) in [7, 11) is 0. The second kappa shape index (κ2) is 6.58. The molecule has 0 atom stereocenters. The van der Waals surface area contributed by atoms with E-state index in [0.717, 1.165) is 25.7 Å². The lowest BCUT2D eigenvalue weighted by molar-refractivity contribution is -0.126. The van der Waals surface area contributed by atoms with Crippen LogP contribution in [-0.2, 0) is 4.79 Å². The van der Waals surface area contributed by atoms with E-state index in [1.807, 2.05) is 0 Å². The van der Waals surface area contributed by atoms with E-state index < -0.39 is 0 Å². The third-order valence-electron chi connectivity index (χ3n) is 2.66. The molecular weight excluding hydrogens is 295 g/mol. The molecule has 0 unspecified atom stereocenters. The van der Waals surface area contributed by atoms with Crippen molar-refractivity contribution in [2.24, 2.45) is 5.92 Å². The van der Waals surface area contributed by atoms with Crippen LogP contribution < -0.4 is 8.85 Å². The minimum Gasteiger partial charge on any atom is -0.395 e. The van der Waals surface area contributed by atoms with Gasteiger partial charge in [0, 0.05) is 41.4 Å². The molecule has 0 aliphatic heterocycles. The van der Waals surface area contributed by atoms with Crippen LogP contribution in [0.2, 0.25) is 0 Å². The number of hydrogen-bond acceptors (Lipinski definition) is 3. The minimum atomic E-state index is 0.0242. The van der Waals surface area contributed by atoms with Crippen LogP contribution >= 0.6 is 22.9 Å². The predicted octanol–water partition coefficient (Wildman–Crippen LogP) is 0.593. The Balaban J connectivity index is 2.23. The molecule has 0 aromatic carbocycles. The third kappa shape index (κ3) is 3.70. The van der Waals surface area contributed by atoms with E-state index >= 15 is 0 Å². The Bertz CT molecular complexity index is 182. The molecule has 5 heteroatoms. The monoisotopic (exact) mass is 312 g/mol. The highest BCUT2D eigenvalue weighted by Crippen LogP contribution is 2.24. The van der Waals surface area contributed by atoms with Crippen molar-refractivity contribution in [1.82, 2.24) is 8.85 Å². The Labute approximate surface area is 98.3 Å². The molecule has 0 bridgehead atoms. The van der Waals surface area contributed by atoms with E-state index in [9.17, 15) is 4.79 Å². The molecule has 4 nitrogen and oxygen atoms in total. The summed E-state index contributed by atoms with van der Waals surface area (Å²) < 4.78 is 3.20. The highest BCUT2D eigenvalue weighted by atomic mass is 127. The summed E-state index contributed by atoms with van der Waals surface area (Å²) >= 11 is 2.17. The molecule has 1 saturated carbocycles. The smallest absolute Gasteiger partial charge is 0.223 e. The number of carbonyl (C=O) groups excluding carboxylic acids is 1. The summed E-state index contributed by atoms with van der Waals surface area (Å²) in [6.07, 6.45) is 4.05. The van der Waals surface area contributed by atoms with Crippen molar-refractivity contribution < 1.29 is 9.90 Å². The summed E-state index contributed by atoms with van der Waals surface area (Å²) in [5.74, 6) is 0.258. The molecule has 1 aliphatic carbocycles.